The van der Waals surface area contributed by atoms with Crippen LogP contribution in [0, 0.1) is 6.01 Å². The Bertz CT molecular complexity index is 964. The Labute approximate surface area is 158 Å². The second-order valence-corrected chi connectivity index (χ2v) is 6.22. The zero-order valence-electron chi connectivity index (χ0n) is 15.4. The van der Waals surface area contributed by atoms with E-state index < -0.39 is 6.01 Å². The zero-order valence-corrected chi connectivity index (χ0v) is 15.4. The fourth-order valence-electron chi connectivity index (χ4n) is 2.92. The van der Waals surface area contributed by atoms with Crippen LogP contribution >= 0.6 is 0 Å². The van der Waals surface area contributed by atoms with Crippen molar-refractivity contribution in [3.05, 3.63) is 59.1 Å². The third kappa shape index (κ3) is 4.51. The number of benzene rings is 2. The summed E-state index contributed by atoms with van der Waals surface area (Å²) < 4.78 is 29.3. The molecule has 1 heterocycles. The van der Waals surface area contributed by atoms with Crippen LogP contribution in [-0.4, -0.2) is 20.4 Å². The first-order valence-corrected chi connectivity index (χ1v) is 8.87. The third-order valence-corrected chi connectivity index (χ3v) is 4.25. The van der Waals surface area contributed by atoms with Crippen molar-refractivity contribution in [3.8, 4) is 5.75 Å². The van der Waals surface area contributed by atoms with Gasteiger partial charge in [-0.3, -0.25) is 4.79 Å². The molecule has 0 saturated carbocycles. The van der Waals surface area contributed by atoms with Crippen LogP contribution in [0.3, 0.4) is 0 Å². The van der Waals surface area contributed by atoms with Crippen molar-refractivity contribution in [2.75, 3.05) is 6.61 Å². The van der Waals surface area contributed by atoms with Crippen molar-refractivity contribution in [1.29, 1.82) is 0 Å². The number of carbonyl (C=O) groups is 1. The fourth-order valence-corrected chi connectivity index (χ4v) is 2.92. The van der Waals surface area contributed by atoms with Gasteiger partial charge in [-0.15, -0.1) is 0 Å². The van der Waals surface area contributed by atoms with Crippen LogP contribution in [-0.2, 0) is 29.0 Å². The van der Waals surface area contributed by atoms with Crippen LogP contribution < -0.4 is 10.2 Å². The Morgan fingerprint density at radius 2 is 1.96 bits per heavy atom. The SMILES string of the molecule is [B]c1cc(COc2cc(CC)ccc2CC(=O)OCC)cc2cc(F)oc12. The smallest absolute Gasteiger partial charge is 0.310 e. The molecule has 0 aliphatic rings. The lowest BCUT2D eigenvalue weighted by atomic mass is 9.92. The van der Waals surface area contributed by atoms with E-state index in [2.05, 4.69) is 0 Å². The number of carbonyl (C=O) groups excluding carboxylic acids is 1. The molecule has 4 nitrogen and oxygen atoms in total. The van der Waals surface area contributed by atoms with E-state index >= 15 is 0 Å². The normalized spacial score (nSPS) is 10.9. The highest BCUT2D eigenvalue weighted by Crippen LogP contribution is 2.24. The lowest BCUT2D eigenvalue weighted by Gasteiger charge is -2.13. The van der Waals surface area contributed by atoms with Gasteiger partial charge in [0.05, 0.1) is 13.0 Å². The van der Waals surface area contributed by atoms with Gasteiger partial charge in [-0.05, 0) is 36.6 Å². The van der Waals surface area contributed by atoms with Crippen molar-refractivity contribution < 1.29 is 23.1 Å². The first-order valence-electron chi connectivity index (χ1n) is 8.87. The molecule has 0 atom stereocenters. The fraction of sp³-hybridized carbons (Fsp3) is 0.286. The molecule has 0 unspecified atom stereocenters. The van der Waals surface area contributed by atoms with E-state index in [9.17, 15) is 9.18 Å². The molecule has 138 valence electrons. The molecule has 0 aliphatic heterocycles. The summed E-state index contributed by atoms with van der Waals surface area (Å²) >= 11 is 0. The van der Waals surface area contributed by atoms with Gasteiger partial charge in [0, 0.05) is 17.0 Å². The molecule has 0 spiro atoms. The van der Waals surface area contributed by atoms with Crippen molar-refractivity contribution >= 4 is 30.2 Å². The summed E-state index contributed by atoms with van der Waals surface area (Å²) in [6.45, 7) is 4.39. The Hall–Kier alpha value is -2.76. The monoisotopic (exact) mass is 366 g/mol. The maximum atomic E-state index is 13.3. The Morgan fingerprint density at radius 1 is 1.15 bits per heavy atom. The molecule has 1 aromatic heterocycles. The number of ether oxygens (including phenoxy) is 2. The number of halogens is 1. The predicted molar refractivity (Wildman–Crippen MR) is 102 cm³/mol. The van der Waals surface area contributed by atoms with Gasteiger partial charge >= 0.3 is 5.97 Å². The average Bonchev–Trinajstić information content (AvgIpc) is 3.02. The van der Waals surface area contributed by atoms with Crippen LogP contribution in [0.5, 0.6) is 5.75 Å². The molecule has 3 rings (SSSR count). The lowest BCUT2D eigenvalue weighted by Crippen LogP contribution is -2.10. The Kier molecular flexibility index (Phi) is 5.84. The highest BCUT2D eigenvalue weighted by molar-refractivity contribution is 6.38. The molecule has 0 aliphatic carbocycles. The van der Waals surface area contributed by atoms with Crippen LogP contribution in [0.4, 0.5) is 4.39 Å². The quantitative estimate of drug-likeness (QED) is 0.474. The van der Waals surface area contributed by atoms with Gasteiger partial charge in [-0.25, -0.2) is 0 Å². The van der Waals surface area contributed by atoms with Crippen LogP contribution in [0.1, 0.15) is 30.5 Å². The Morgan fingerprint density at radius 3 is 2.70 bits per heavy atom. The molecular weight excluding hydrogens is 346 g/mol. The minimum Gasteiger partial charge on any atom is -0.489 e. The second-order valence-electron chi connectivity index (χ2n) is 6.22. The first-order chi connectivity index (χ1) is 13.0. The number of fused-ring (bicyclic) bond motifs is 1. The van der Waals surface area contributed by atoms with Gasteiger partial charge in [0.1, 0.15) is 25.8 Å². The summed E-state index contributed by atoms with van der Waals surface area (Å²) in [7, 11) is 5.94. The van der Waals surface area contributed by atoms with E-state index in [4.69, 9.17) is 21.7 Å². The van der Waals surface area contributed by atoms with Crippen molar-refractivity contribution in [1.82, 2.24) is 0 Å². The molecular formula is C21H20BFO4. The molecule has 0 saturated heterocycles. The number of esters is 1. The van der Waals surface area contributed by atoms with E-state index in [-0.39, 0.29) is 19.0 Å². The first kappa shape index (κ1) is 19.0. The second kappa shape index (κ2) is 8.29. The number of hydrogen-bond donors (Lipinski definition) is 0. The zero-order chi connectivity index (χ0) is 19.4. The standard InChI is InChI=1S/C21H20BFO4/c1-3-13-5-6-15(11-20(24)25-4-2)18(9-13)26-12-14-7-16-10-19(23)27-21(16)17(22)8-14/h5-10H,3-4,11-12H2,1-2H3. The summed E-state index contributed by atoms with van der Waals surface area (Å²) in [6, 6.07) is 9.86. The van der Waals surface area contributed by atoms with E-state index in [1.807, 2.05) is 25.1 Å². The minimum absolute atomic E-state index is 0.140. The van der Waals surface area contributed by atoms with E-state index in [0.29, 0.717) is 28.8 Å². The van der Waals surface area contributed by atoms with Gasteiger partial charge in [0.15, 0.2) is 0 Å². The van der Waals surface area contributed by atoms with Gasteiger partial charge in [-0.2, -0.15) is 4.39 Å². The summed E-state index contributed by atoms with van der Waals surface area (Å²) in [5, 5.41) is 0.583. The van der Waals surface area contributed by atoms with E-state index in [0.717, 1.165) is 23.1 Å². The van der Waals surface area contributed by atoms with Gasteiger partial charge in [-0.1, -0.05) is 30.6 Å². The summed E-state index contributed by atoms with van der Waals surface area (Å²) in [6.07, 6.45) is 0.991. The minimum atomic E-state index is -0.679. The molecule has 6 heteroatoms. The molecule has 0 bridgehead atoms. The number of aryl methyl sites for hydroxylation is 1. The summed E-state index contributed by atoms with van der Waals surface area (Å²) in [4.78, 5) is 11.8. The van der Waals surface area contributed by atoms with Gasteiger partial charge in [0.25, 0.3) is 6.01 Å². The van der Waals surface area contributed by atoms with Gasteiger partial charge < -0.3 is 13.9 Å². The lowest BCUT2D eigenvalue weighted by molar-refractivity contribution is -0.142. The number of furan rings is 1. The summed E-state index contributed by atoms with van der Waals surface area (Å²) in [5.41, 5.74) is 3.32. The molecule has 3 aromatic rings. The topological polar surface area (TPSA) is 48.7 Å². The van der Waals surface area contributed by atoms with Crippen molar-refractivity contribution in [2.45, 2.75) is 33.3 Å². The van der Waals surface area contributed by atoms with Crippen LogP contribution in [0.25, 0.3) is 11.0 Å². The van der Waals surface area contributed by atoms with Gasteiger partial charge in [0.2, 0.25) is 0 Å². The molecule has 0 fully saturated rings. The number of rotatable bonds is 7. The van der Waals surface area contributed by atoms with Crippen LogP contribution in [0.2, 0.25) is 0 Å². The van der Waals surface area contributed by atoms with Crippen molar-refractivity contribution in [3.63, 3.8) is 0 Å². The number of hydrogen-bond acceptors (Lipinski definition) is 4. The van der Waals surface area contributed by atoms with E-state index in [1.165, 1.54) is 6.07 Å². The molecule has 0 amide bonds. The molecule has 2 radical (unpaired) electrons. The summed E-state index contributed by atoms with van der Waals surface area (Å²) in [5.74, 6) is 0.325. The maximum absolute atomic E-state index is 13.3. The molecule has 27 heavy (non-hydrogen) atoms. The third-order valence-electron chi connectivity index (χ3n) is 4.25. The molecule has 0 N–H and O–H groups in total. The predicted octanol–water partition coefficient (Wildman–Crippen LogP) is 3.61. The highest BCUT2D eigenvalue weighted by atomic mass is 19.1. The van der Waals surface area contributed by atoms with Crippen molar-refractivity contribution in [2.24, 2.45) is 0 Å². The Balaban J connectivity index is 1.82. The maximum Gasteiger partial charge on any atom is 0.310 e. The van der Waals surface area contributed by atoms with Crippen LogP contribution in [0.15, 0.2) is 40.8 Å². The largest absolute Gasteiger partial charge is 0.489 e. The van der Waals surface area contributed by atoms with E-state index in [1.54, 1.807) is 19.1 Å². The molecule has 2 aromatic carbocycles. The highest BCUT2D eigenvalue weighted by Gasteiger charge is 2.12. The average molecular weight is 366 g/mol.